The predicted molar refractivity (Wildman–Crippen MR) is 68.8 cm³/mol. The van der Waals surface area contributed by atoms with Gasteiger partial charge >= 0.3 is 0 Å². The normalized spacial score (nSPS) is 28.3. The van der Waals surface area contributed by atoms with Gasteiger partial charge in [0.25, 0.3) is 0 Å². The molecule has 1 aliphatic carbocycles. The number of phenols is 1. The first-order valence-corrected chi connectivity index (χ1v) is 6.95. The lowest BCUT2D eigenvalue weighted by Crippen LogP contribution is -2.41. The van der Waals surface area contributed by atoms with Gasteiger partial charge in [-0.2, -0.15) is 0 Å². The molecule has 0 radical (unpaired) electrons. The maximum absolute atomic E-state index is 13.3. The van der Waals surface area contributed by atoms with Crippen molar-refractivity contribution in [2.75, 3.05) is 6.54 Å². The van der Waals surface area contributed by atoms with Crippen molar-refractivity contribution in [2.24, 2.45) is 5.92 Å². The molecular formula is C15H20FNO. The van der Waals surface area contributed by atoms with Gasteiger partial charge in [0.15, 0.2) is 0 Å². The molecule has 2 atom stereocenters. The Labute approximate surface area is 107 Å². The molecule has 1 saturated heterocycles. The van der Waals surface area contributed by atoms with Crippen LogP contribution in [0, 0.1) is 11.7 Å². The number of likely N-dealkylation sites (tertiary alicyclic amines) is 1. The van der Waals surface area contributed by atoms with Gasteiger partial charge in [0.05, 0.1) is 0 Å². The van der Waals surface area contributed by atoms with Crippen LogP contribution in [0.3, 0.4) is 0 Å². The Hall–Kier alpha value is -1.09. The molecule has 0 bridgehead atoms. The number of aromatic hydroxyl groups is 1. The van der Waals surface area contributed by atoms with E-state index in [1.165, 1.54) is 38.2 Å². The summed E-state index contributed by atoms with van der Waals surface area (Å²) in [6.45, 7) is 1.88. The molecule has 1 heterocycles. The van der Waals surface area contributed by atoms with E-state index < -0.39 is 0 Å². The molecule has 3 rings (SSSR count). The smallest absolute Gasteiger partial charge is 0.127 e. The quantitative estimate of drug-likeness (QED) is 0.869. The van der Waals surface area contributed by atoms with E-state index >= 15 is 0 Å². The SMILES string of the molecule is Oc1cc(F)cc(CN2CCCC3CCCC32)c1. The molecule has 1 aliphatic heterocycles. The Balaban J connectivity index is 1.74. The fraction of sp³-hybridized carbons (Fsp3) is 0.600. The van der Waals surface area contributed by atoms with Gasteiger partial charge in [-0.3, -0.25) is 4.90 Å². The van der Waals surface area contributed by atoms with E-state index in [9.17, 15) is 9.50 Å². The van der Waals surface area contributed by atoms with Gasteiger partial charge in [0.1, 0.15) is 11.6 Å². The molecule has 1 N–H and O–H groups in total. The Kier molecular flexibility index (Phi) is 3.25. The van der Waals surface area contributed by atoms with Gasteiger partial charge in [-0.05, 0) is 55.8 Å². The molecule has 2 unspecified atom stereocenters. The zero-order valence-corrected chi connectivity index (χ0v) is 10.6. The van der Waals surface area contributed by atoms with E-state index in [1.54, 1.807) is 6.07 Å². The second-order valence-corrected chi connectivity index (χ2v) is 5.69. The molecule has 1 aromatic rings. The van der Waals surface area contributed by atoms with Gasteiger partial charge in [0, 0.05) is 18.7 Å². The molecule has 98 valence electrons. The molecule has 18 heavy (non-hydrogen) atoms. The fourth-order valence-corrected chi connectivity index (χ4v) is 3.71. The van der Waals surface area contributed by atoms with Crippen molar-refractivity contribution in [1.82, 2.24) is 4.90 Å². The highest BCUT2D eigenvalue weighted by atomic mass is 19.1. The molecule has 0 aromatic heterocycles. The lowest BCUT2D eigenvalue weighted by molar-refractivity contribution is 0.105. The summed E-state index contributed by atoms with van der Waals surface area (Å²) in [4.78, 5) is 2.48. The molecule has 0 spiro atoms. The van der Waals surface area contributed by atoms with Gasteiger partial charge in [-0.25, -0.2) is 4.39 Å². The van der Waals surface area contributed by atoms with E-state index in [1.807, 2.05) is 0 Å². The highest BCUT2D eigenvalue weighted by Gasteiger charge is 2.34. The van der Waals surface area contributed by atoms with Gasteiger partial charge in [-0.15, -0.1) is 0 Å². The first-order chi connectivity index (χ1) is 8.72. The molecule has 3 heteroatoms. The average Bonchev–Trinajstić information content (AvgIpc) is 2.76. The van der Waals surface area contributed by atoms with E-state index in [0.717, 1.165) is 30.6 Å². The van der Waals surface area contributed by atoms with Crippen molar-refractivity contribution in [3.05, 3.63) is 29.6 Å². The second kappa shape index (κ2) is 4.88. The molecular weight excluding hydrogens is 229 g/mol. The fourth-order valence-electron chi connectivity index (χ4n) is 3.71. The van der Waals surface area contributed by atoms with Crippen LogP contribution < -0.4 is 0 Å². The lowest BCUT2D eigenvalue weighted by atomic mass is 9.91. The third-order valence-electron chi connectivity index (χ3n) is 4.44. The van der Waals surface area contributed by atoms with Crippen LogP contribution in [0.25, 0.3) is 0 Å². The zero-order valence-electron chi connectivity index (χ0n) is 10.6. The van der Waals surface area contributed by atoms with Crippen molar-refractivity contribution in [3.63, 3.8) is 0 Å². The van der Waals surface area contributed by atoms with Crippen LogP contribution in [-0.2, 0) is 6.54 Å². The lowest BCUT2D eigenvalue weighted by Gasteiger charge is -2.37. The van der Waals surface area contributed by atoms with E-state index in [2.05, 4.69) is 4.90 Å². The van der Waals surface area contributed by atoms with Crippen molar-refractivity contribution in [2.45, 2.75) is 44.7 Å². The Morgan fingerprint density at radius 3 is 2.83 bits per heavy atom. The minimum absolute atomic E-state index is 0.0324. The first-order valence-electron chi connectivity index (χ1n) is 6.95. The highest BCUT2D eigenvalue weighted by Crippen LogP contribution is 2.37. The van der Waals surface area contributed by atoms with Crippen LogP contribution in [0.4, 0.5) is 4.39 Å². The topological polar surface area (TPSA) is 23.5 Å². The average molecular weight is 249 g/mol. The number of piperidine rings is 1. The Morgan fingerprint density at radius 1 is 1.17 bits per heavy atom. The summed E-state index contributed by atoms with van der Waals surface area (Å²) >= 11 is 0. The molecule has 1 saturated carbocycles. The standard InChI is InChI=1S/C15H20FNO/c16-13-7-11(8-14(18)9-13)10-17-6-2-4-12-3-1-5-15(12)17/h7-9,12,15,18H,1-6,10H2. The van der Waals surface area contributed by atoms with Crippen LogP contribution in [0.5, 0.6) is 5.75 Å². The largest absolute Gasteiger partial charge is 0.508 e. The Morgan fingerprint density at radius 2 is 2.00 bits per heavy atom. The summed E-state index contributed by atoms with van der Waals surface area (Å²) < 4.78 is 13.3. The molecule has 2 nitrogen and oxygen atoms in total. The van der Waals surface area contributed by atoms with Gasteiger partial charge < -0.3 is 5.11 Å². The summed E-state index contributed by atoms with van der Waals surface area (Å²) in [7, 11) is 0. The summed E-state index contributed by atoms with van der Waals surface area (Å²) in [5.74, 6) is 0.538. The predicted octanol–water partition coefficient (Wildman–Crippen LogP) is 3.30. The maximum atomic E-state index is 13.3. The van der Waals surface area contributed by atoms with Crippen LogP contribution in [0.15, 0.2) is 18.2 Å². The zero-order chi connectivity index (χ0) is 12.5. The minimum Gasteiger partial charge on any atom is -0.508 e. The Bertz CT molecular complexity index is 414. The van der Waals surface area contributed by atoms with Crippen molar-refractivity contribution in [3.8, 4) is 5.75 Å². The maximum Gasteiger partial charge on any atom is 0.127 e. The van der Waals surface area contributed by atoms with Gasteiger partial charge in [-0.1, -0.05) is 6.42 Å². The van der Waals surface area contributed by atoms with Crippen LogP contribution in [0.2, 0.25) is 0 Å². The van der Waals surface area contributed by atoms with Crippen molar-refractivity contribution in [1.29, 1.82) is 0 Å². The number of nitrogens with zero attached hydrogens (tertiary/aromatic N) is 1. The number of benzene rings is 1. The first kappa shape index (κ1) is 12.0. The van der Waals surface area contributed by atoms with E-state index in [0.29, 0.717) is 6.04 Å². The molecule has 0 amide bonds. The summed E-state index contributed by atoms with van der Waals surface area (Å²) in [5, 5.41) is 9.45. The summed E-state index contributed by atoms with van der Waals surface area (Å²) in [6.07, 6.45) is 6.58. The van der Waals surface area contributed by atoms with E-state index in [4.69, 9.17) is 0 Å². The minimum atomic E-state index is -0.343. The molecule has 2 aliphatic rings. The monoisotopic (exact) mass is 249 g/mol. The number of fused-ring (bicyclic) bond motifs is 1. The number of hydrogen-bond acceptors (Lipinski definition) is 2. The van der Waals surface area contributed by atoms with E-state index in [-0.39, 0.29) is 11.6 Å². The number of hydrogen-bond donors (Lipinski definition) is 1. The molecule has 1 aromatic carbocycles. The van der Waals surface area contributed by atoms with Crippen LogP contribution >= 0.6 is 0 Å². The number of phenolic OH excluding ortho intramolecular Hbond substituents is 1. The third kappa shape index (κ3) is 2.37. The van der Waals surface area contributed by atoms with Crippen molar-refractivity contribution >= 4 is 0 Å². The second-order valence-electron chi connectivity index (χ2n) is 5.69. The molecule has 2 fully saturated rings. The third-order valence-corrected chi connectivity index (χ3v) is 4.44. The highest BCUT2D eigenvalue weighted by molar-refractivity contribution is 5.28. The summed E-state index contributed by atoms with van der Waals surface area (Å²) in [5.41, 5.74) is 0.889. The number of halogens is 1. The van der Waals surface area contributed by atoms with Crippen LogP contribution in [-0.4, -0.2) is 22.6 Å². The number of rotatable bonds is 2. The van der Waals surface area contributed by atoms with Crippen molar-refractivity contribution < 1.29 is 9.50 Å². The summed E-state index contributed by atoms with van der Waals surface area (Å²) in [6, 6.07) is 5.07. The van der Waals surface area contributed by atoms with Gasteiger partial charge in [0.2, 0.25) is 0 Å². The van der Waals surface area contributed by atoms with Crippen LogP contribution in [0.1, 0.15) is 37.7 Å².